The molecule has 0 fully saturated rings. The normalized spacial score (nSPS) is 11.9. The first-order chi connectivity index (χ1) is 8.68. The Hall–Kier alpha value is -1.80. The van der Waals surface area contributed by atoms with Crippen LogP contribution in [0.15, 0.2) is 54.6 Å². The summed E-state index contributed by atoms with van der Waals surface area (Å²) < 4.78 is 0. The van der Waals surface area contributed by atoms with E-state index in [1.807, 2.05) is 49.4 Å². The summed E-state index contributed by atoms with van der Waals surface area (Å²) in [7, 11) is 0. The van der Waals surface area contributed by atoms with Crippen molar-refractivity contribution in [3.63, 3.8) is 0 Å². The quantitative estimate of drug-likeness (QED) is 0.821. The van der Waals surface area contributed by atoms with E-state index in [2.05, 4.69) is 5.32 Å². The average Bonchev–Trinajstić information content (AvgIpc) is 2.40. The molecule has 1 amide bonds. The van der Waals surface area contributed by atoms with Crippen LogP contribution < -0.4 is 5.32 Å². The van der Waals surface area contributed by atoms with Crippen molar-refractivity contribution in [1.82, 2.24) is 0 Å². The number of benzene rings is 2. The number of hydrogen-bond donors (Lipinski definition) is 1. The third-order valence-electron chi connectivity index (χ3n) is 2.67. The van der Waals surface area contributed by atoms with Gasteiger partial charge < -0.3 is 5.32 Å². The average molecular weight is 260 g/mol. The number of para-hydroxylation sites is 1. The minimum atomic E-state index is -0.141. The summed E-state index contributed by atoms with van der Waals surface area (Å²) in [4.78, 5) is 12.0. The molecule has 18 heavy (non-hydrogen) atoms. The van der Waals surface area contributed by atoms with Gasteiger partial charge >= 0.3 is 0 Å². The monoisotopic (exact) mass is 259 g/mol. The van der Waals surface area contributed by atoms with E-state index >= 15 is 0 Å². The zero-order valence-corrected chi connectivity index (χ0v) is 10.8. The molecule has 1 unspecified atom stereocenters. The largest absolute Gasteiger partial charge is 0.322 e. The third-order valence-corrected chi connectivity index (χ3v) is 2.91. The highest BCUT2D eigenvalue weighted by Crippen LogP contribution is 2.27. The molecular weight excluding hydrogens is 246 g/mol. The number of anilines is 1. The van der Waals surface area contributed by atoms with E-state index in [-0.39, 0.29) is 11.3 Å². The van der Waals surface area contributed by atoms with Crippen molar-refractivity contribution in [2.24, 2.45) is 0 Å². The summed E-state index contributed by atoms with van der Waals surface area (Å²) in [6, 6.07) is 16.7. The first kappa shape index (κ1) is 12.7. The van der Waals surface area contributed by atoms with Crippen LogP contribution in [-0.4, -0.2) is 5.91 Å². The number of hydrogen-bond acceptors (Lipinski definition) is 1. The highest BCUT2D eigenvalue weighted by Gasteiger charge is 2.11. The standard InChI is InChI=1S/C15H14ClNO/c1-11(16)13-9-5-6-10-14(13)17-15(18)12-7-3-2-4-8-12/h2-11H,1H3,(H,17,18). The molecule has 3 heteroatoms. The van der Waals surface area contributed by atoms with Gasteiger partial charge in [-0.15, -0.1) is 11.6 Å². The first-order valence-corrected chi connectivity index (χ1v) is 6.21. The summed E-state index contributed by atoms with van der Waals surface area (Å²) in [5.74, 6) is -0.125. The molecular formula is C15H14ClNO. The zero-order chi connectivity index (χ0) is 13.0. The molecule has 0 aliphatic carbocycles. The highest BCUT2D eigenvalue weighted by atomic mass is 35.5. The minimum Gasteiger partial charge on any atom is -0.322 e. The lowest BCUT2D eigenvalue weighted by Gasteiger charge is -2.12. The smallest absolute Gasteiger partial charge is 0.255 e. The maximum absolute atomic E-state index is 12.0. The molecule has 0 aliphatic heterocycles. The number of rotatable bonds is 3. The Labute approximate surface area is 112 Å². The molecule has 0 aromatic heterocycles. The van der Waals surface area contributed by atoms with Crippen LogP contribution in [0.5, 0.6) is 0 Å². The fourth-order valence-corrected chi connectivity index (χ4v) is 1.93. The molecule has 1 atom stereocenters. The molecule has 0 bridgehead atoms. The number of halogens is 1. The number of alkyl halides is 1. The molecule has 2 nitrogen and oxygen atoms in total. The molecule has 0 radical (unpaired) electrons. The van der Waals surface area contributed by atoms with Crippen LogP contribution >= 0.6 is 11.6 Å². The molecule has 92 valence electrons. The van der Waals surface area contributed by atoms with Crippen LogP contribution in [-0.2, 0) is 0 Å². The molecule has 0 aliphatic rings. The Kier molecular flexibility index (Phi) is 4.00. The van der Waals surface area contributed by atoms with Gasteiger partial charge in [0.1, 0.15) is 0 Å². The Bertz CT molecular complexity index is 537. The number of amides is 1. The second kappa shape index (κ2) is 5.69. The van der Waals surface area contributed by atoms with Crippen molar-refractivity contribution in [3.8, 4) is 0 Å². The Balaban J connectivity index is 2.22. The molecule has 0 heterocycles. The van der Waals surface area contributed by atoms with E-state index in [1.165, 1.54) is 0 Å². The van der Waals surface area contributed by atoms with Crippen LogP contribution in [0, 0.1) is 0 Å². The molecule has 2 aromatic carbocycles. The van der Waals surface area contributed by atoms with Gasteiger partial charge in [0.05, 0.1) is 5.38 Å². The fraction of sp³-hybridized carbons (Fsp3) is 0.133. The lowest BCUT2D eigenvalue weighted by Crippen LogP contribution is -2.13. The van der Waals surface area contributed by atoms with E-state index in [1.54, 1.807) is 12.1 Å². The van der Waals surface area contributed by atoms with Crippen molar-refractivity contribution in [2.45, 2.75) is 12.3 Å². The zero-order valence-electron chi connectivity index (χ0n) is 10.1. The van der Waals surface area contributed by atoms with Gasteiger partial charge in [0.2, 0.25) is 0 Å². The topological polar surface area (TPSA) is 29.1 Å². The summed E-state index contributed by atoms with van der Waals surface area (Å²) in [5, 5.41) is 2.74. The maximum Gasteiger partial charge on any atom is 0.255 e. The molecule has 0 saturated carbocycles. The van der Waals surface area contributed by atoms with Gasteiger partial charge in [-0.05, 0) is 30.7 Å². The van der Waals surface area contributed by atoms with Gasteiger partial charge in [-0.3, -0.25) is 4.79 Å². The van der Waals surface area contributed by atoms with Crippen molar-refractivity contribution in [3.05, 3.63) is 65.7 Å². The van der Waals surface area contributed by atoms with Crippen molar-refractivity contribution >= 4 is 23.2 Å². The number of carbonyl (C=O) groups excluding carboxylic acids is 1. The predicted octanol–water partition coefficient (Wildman–Crippen LogP) is 4.24. The van der Waals surface area contributed by atoms with Gasteiger partial charge in [0.25, 0.3) is 5.91 Å². The van der Waals surface area contributed by atoms with Crippen LogP contribution in [0.2, 0.25) is 0 Å². The van der Waals surface area contributed by atoms with Gasteiger partial charge in [-0.1, -0.05) is 36.4 Å². The van der Waals surface area contributed by atoms with E-state index in [4.69, 9.17) is 11.6 Å². The van der Waals surface area contributed by atoms with Crippen molar-refractivity contribution in [1.29, 1.82) is 0 Å². The maximum atomic E-state index is 12.0. The summed E-state index contributed by atoms with van der Waals surface area (Å²) >= 11 is 6.09. The van der Waals surface area contributed by atoms with Crippen LogP contribution in [0.4, 0.5) is 5.69 Å². The van der Waals surface area contributed by atoms with E-state index < -0.39 is 0 Å². The molecule has 1 N–H and O–H groups in total. The SMILES string of the molecule is CC(Cl)c1ccccc1NC(=O)c1ccccc1. The summed E-state index contributed by atoms with van der Waals surface area (Å²) in [6.07, 6.45) is 0. The second-order valence-corrected chi connectivity index (χ2v) is 4.68. The molecule has 0 spiro atoms. The molecule has 2 rings (SSSR count). The van der Waals surface area contributed by atoms with Gasteiger partial charge in [0, 0.05) is 11.3 Å². The highest BCUT2D eigenvalue weighted by molar-refractivity contribution is 6.21. The van der Waals surface area contributed by atoms with E-state index in [0.717, 1.165) is 11.3 Å². The van der Waals surface area contributed by atoms with E-state index in [9.17, 15) is 4.79 Å². The van der Waals surface area contributed by atoms with Crippen LogP contribution in [0.1, 0.15) is 28.2 Å². The minimum absolute atomic E-state index is 0.125. The summed E-state index contributed by atoms with van der Waals surface area (Å²) in [6.45, 7) is 1.88. The van der Waals surface area contributed by atoms with Gasteiger partial charge in [-0.25, -0.2) is 0 Å². The molecule has 2 aromatic rings. The molecule has 0 saturated heterocycles. The van der Waals surface area contributed by atoms with Crippen LogP contribution in [0.25, 0.3) is 0 Å². The number of nitrogens with one attached hydrogen (secondary N) is 1. The lowest BCUT2D eigenvalue weighted by molar-refractivity contribution is 0.102. The summed E-state index contributed by atoms with van der Waals surface area (Å²) in [5.41, 5.74) is 2.31. The third kappa shape index (κ3) is 2.90. The fourth-order valence-electron chi connectivity index (χ4n) is 1.74. The van der Waals surface area contributed by atoms with Crippen molar-refractivity contribution in [2.75, 3.05) is 5.32 Å². The first-order valence-electron chi connectivity index (χ1n) is 5.78. The second-order valence-electron chi connectivity index (χ2n) is 4.02. The Morgan fingerprint density at radius 2 is 1.67 bits per heavy atom. The lowest BCUT2D eigenvalue weighted by atomic mass is 10.1. The van der Waals surface area contributed by atoms with Crippen LogP contribution in [0.3, 0.4) is 0 Å². The predicted molar refractivity (Wildman–Crippen MR) is 75.1 cm³/mol. The van der Waals surface area contributed by atoms with Crippen molar-refractivity contribution < 1.29 is 4.79 Å². The Morgan fingerprint density at radius 1 is 1.06 bits per heavy atom. The van der Waals surface area contributed by atoms with Gasteiger partial charge in [-0.2, -0.15) is 0 Å². The number of carbonyl (C=O) groups is 1. The van der Waals surface area contributed by atoms with E-state index in [0.29, 0.717) is 5.56 Å². The Morgan fingerprint density at radius 3 is 2.33 bits per heavy atom. The van der Waals surface area contributed by atoms with Gasteiger partial charge in [0.15, 0.2) is 0 Å².